The summed E-state index contributed by atoms with van der Waals surface area (Å²) in [5, 5.41) is 2.89. The maximum Gasteiger partial charge on any atom is 0.317 e. The fourth-order valence-electron chi connectivity index (χ4n) is 3.84. The standard InChI is InChI=1S/C24H21F2N5OS/c25-18-5-1-16(2-6-18)14-27-24(32)31-11-9-30(10-12-31)23-22-20(28-15-29-23)13-21(33-22)17-3-7-19(26)8-4-17/h1-8,13,15H,9-12,14H2,(H,27,32). The van der Waals surface area contributed by atoms with Crippen molar-refractivity contribution >= 4 is 33.4 Å². The second-order valence-electron chi connectivity index (χ2n) is 7.79. The molecule has 1 fully saturated rings. The van der Waals surface area contributed by atoms with Crippen LogP contribution in [0.3, 0.4) is 0 Å². The number of nitrogens with one attached hydrogen (secondary N) is 1. The number of aromatic nitrogens is 2. The van der Waals surface area contributed by atoms with Gasteiger partial charge in [-0.05, 0) is 41.5 Å². The van der Waals surface area contributed by atoms with Crippen LogP contribution in [0.5, 0.6) is 0 Å². The van der Waals surface area contributed by atoms with E-state index in [1.165, 1.54) is 24.3 Å². The average Bonchev–Trinajstić information content (AvgIpc) is 3.28. The maximum absolute atomic E-state index is 13.3. The normalized spacial score (nSPS) is 14.0. The summed E-state index contributed by atoms with van der Waals surface area (Å²) in [6.07, 6.45) is 1.56. The van der Waals surface area contributed by atoms with Crippen molar-refractivity contribution in [2.45, 2.75) is 6.54 Å². The van der Waals surface area contributed by atoms with Crippen molar-refractivity contribution in [3.8, 4) is 10.4 Å². The molecule has 0 saturated carbocycles. The molecular weight excluding hydrogens is 444 g/mol. The number of hydrogen-bond acceptors (Lipinski definition) is 5. The molecule has 33 heavy (non-hydrogen) atoms. The minimum atomic E-state index is -0.296. The van der Waals surface area contributed by atoms with Gasteiger partial charge in [0.05, 0.1) is 10.2 Å². The molecule has 168 valence electrons. The van der Waals surface area contributed by atoms with Crippen LogP contribution in [0.4, 0.5) is 19.4 Å². The minimum absolute atomic E-state index is 0.137. The van der Waals surface area contributed by atoms with Crippen LogP contribution in [0, 0.1) is 11.6 Å². The number of benzene rings is 2. The number of anilines is 1. The predicted octanol–water partition coefficient (Wildman–Crippen LogP) is 4.67. The zero-order valence-corrected chi connectivity index (χ0v) is 18.5. The number of carbonyl (C=O) groups excluding carboxylic acids is 1. The van der Waals surface area contributed by atoms with Crippen LogP contribution in [0.1, 0.15) is 5.56 Å². The van der Waals surface area contributed by atoms with E-state index in [9.17, 15) is 13.6 Å². The highest BCUT2D eigenvalue weighted by Gasteiger charge is 2.24. The molecule has 1 aliphatic heterocycles. The topological polar surface area (TPSA) is 61.4 Å². The van der Waals surface area contributed by atoms with E-state index in [2.05, 4.69) is 20.2 Å². The lowest BCUT2D eigenvalue weighted by Gasteiger charge is -2.35. The fraction of sp³-hybridized carbons (Fsp3) is 0.208. The van der Waals surface area contributed by atoms with E-state index >= 15 is 0 Å². The Bertz CT molecular complexity index is 1270. The monoisotopic (exact) mass is 465 g/mol. The van der Waals surface area contributed by atoms with Crippen molar-refractivity contribution in [3.05, 3.63) is 78.1 Å². The Morgan fingerprint density at radius 3 is 2.30 bits per heavy atom. The first-order valence-electron chi connectivity index (χ1n) is 10.6. The van der Waals surface area contributed by atoms with E-state index in [-0.39, 0.29) is 17.7 Å². The Morgan fingerprint density at radius 1 is 0.939 bits per heavy atom. The molecule has 5 rings (SSSR count). The molecule has 0 atom stereocenters. The Morgan fingerprint density at radius 2 is 1.61 bits per heavy atom. The van der Waals surface area contributed by atoms with Gasteiger partial charge in [-0.3, -0.25) is 0 Å². The molecule has 0 unspecified atom stereocenters. The number of rotatable bonds is 4. The molecule has 2 amide bonds. The predicted molar refractivity (Wildman–Crippen MR) is 125 cm³/mol. The van der Waals surface area contributed by atoms with E-state index in [1.807, 2.05) is 6.07 Å². The fourth-order valence-corrected chi connectivity index (χ4v) is 4.97. The maximum atomic E-state index is 13.3. The Kier molecular flexibility index (Phi) is 5.87. The zero-order valence-electron chi connectivity index (χ0n) is 17.7. The molecule has 4 aromatic rings. The third kappa shape index (κ3) is 4.63. The summed E-state index contributed by atoms with van der Waals surface area (Å²) < 4.78 is 27.3. The van der Waals surface area contributed by atoms with Crippen LogP contribution in [0.2, 0.25) is 0 Å². The van der Waals surface area contributed by atoms with Crippen molar-refractivity contribution in [1.29, 1.82) is 0 Å². The first-order chi connectivity index (χ1) is 16.1. The van der Waals surface area contributed by atoms with Gasteiger partial charge in [-0.15, -0.1) is 11.3 Å². The number of nitrogens with zero attached hydrogens (tertiary/aromatic N) is 4. The minimum Gasteiger partial charge on any atom is -0.352 e. The van der Waals surface area contributed by atoms with Gasteiger partial charge in [0.1, 0.15) is 23.8 Å². The molecule has 2 aromatic heterocycles. The smallest absolute Gasteiger partial charge is 0.317 e. The molecule has 9 heteroatoms. The van der Waals surface area contributed by atoms with Crippen LogP contribution >= 0.6 is 11.3 Å². The first-order valence-corrected chi connectivity index (χ1v) is 11.4. The van der Waals surface area contributed by atoms with E-state index in [1.54, 1.807) is 46.8 Å². The summed E-state index contributed by atoms with van der Waals surface area (Å²) in [5.41, 5.74) is 2.64. The average molecular weight is 466 g/mol. The molecule has 1 saturated heterocycles. The third-order valence-corrected chi connectivity index (χ3v) is 6.81. The molecule has 0 bridgehead atoms. The van der Waals surface area contributed by atoms with E-state index in [0.717, 1.165) is 32.0 Å². The number of amides is 2. The molecule has 2 aromatic carbocycles. The summed E-state index contributed by atoms with van der Waals surface area (Å²) in [6, 6.07) is 14.4. The summed E-state index contributed by atoms with van der Waals surface area (Å²) in [6.45, 7) is 2.79. The van der Waals surface area contributed by atoms with Gasteiger partial charge in [0.25, 0.3) is 0 Å². The quantitative estimate of drug-likeness (QED) is 0.476. The van der Waals surface area contributed by atoms with Crippen LogP contribution < -0.4 is 10.2 Å². The van der Waals surface area contributed by atoms with Crippen molar-refractivity contribution in [2.24, 2.45) is 0 Å². The van der Waals surface area contributed by atoms with Crippen molar-refractivity contribution in [3.63, 3.8) is 0 Å². The highest BCUT2D eigenvalue weighted by atomic mass is 32.1. The number of fused-ring (bicyclic) bond motifs is 1. The Balaban J connectivity index is 1.25. The summed E-state index contributed by atoms with van der Waals surface area (Å²) in [5.74, 6) is 0.292. The number of halogens is 2. The summed E-state index contributed by atoms with van der Waals surface area (Å²) in [7, 11) is 0. The van der Waals surface area contributed by atoms with Gasteiger partial charge in [-0.2, -0.15) is 0 Å². The lowest BCUT2D eigenvalue weighted by molar-refractivity contribution is 0.194. The number of urea groups is 1. The number of carbonyl (C=O) groups is 1. The van der Waals surface area contributed by atoms with E-state index in [4.69, 9.17) is 0 Å². The second kappa shape index (κ2) is 9.11. The lowest BCUT2D eigenvalue weighted by atomic mass is 10.2. The molecule has 0 aliphatic carbocycles. The number of piperazine rings is 1. The number of thiophene rings is 1. The molecule has 0 radical (unpaired) electrons. The molecule has 1 N–H and O–H groups in total. The zero-order chi connectivity index (χ0) is 22.8. The van der Waals surface area contributed by atoms with Crippen LogP contribution in [-0.2, 0) is 6.54 Å². The third-order valence-electron chi connectivity index (χ3n) is 5.64. The van der Waals surface area contributed by atoms with Gasteiger partial charge < -0.3 is 15.1 Å². The Labute approximate surface area is 193 Å². The van der Waals surface area contributed by atoms with Gasteiger partial charge in [-0.1, -0.05) is 24.3 Å². The SMILES string of the molecule is O=C(NCc1ccc(F)cc1)N1CCN(c2ncnc3cc(-c4ccc(F)cc4)sc23)CC1. The van der Waals surface area contributed by atoms with E-state index in [0.29, 0.717) is 32.7 Å². The van der Waals surface area contributed by atoms with Crippen LogP contribution in [-0.4, -0.2) is 47.1 Å². The summed E-state index contributed by atoms with van der Waals surface area (Å²) in [4.78, 5) is 26.4. The van der Waals surface area contributed by atoms with Gasteiger partial charge >= 0.3 is 6.03 Å². The van der Waals surface area contributed by atoms with Gasteiger partial charge in [0.2, 0.25) is 0 Å². The summed E-state index contributed by atoms with van der Waals surface area (Å²) >= 11 is 1.58. The largest absolute Gasteiger partial charge is 0.352 e. The lowest BCUT2D eigenvalue weighted by Crippen LogP contribution is -2.51. The first kappa shape index (κ1) is 21.3. The van der Waals surface area contributed by atoms with E-state index < -0.39 is 0 Å². The van der Waals surface area contributed by atoms with Gasteiger partial charge in [-0.25, -0.2) is 23.5 Å². The van der Waals surface area contributed by atoms with Crippen molar-refractivity contribution in [2.75, 3.05) is 31.1 Å². The highest BCUT2D eigenvalue weighted by Crippen LogP contribution is 2.37. The molecule has 1 aliphatic rings. The second-order valence-corrected chi connectivity index (χ2v) is 8.84. The molecule has 3 heterocycles. The van der Waals surface area contributed by atoms with Crippen LogP contribution in [0.25, 0.3) is 20.7 Å². The van der Waals surface area contributed by atoms with Gasteiger partial charge in [0, 0.05) is 37.6 Å². The highest BCUT2D eigenvalue weighted by molar-refractivity contribution is 7.22. The van der Waals surface area contributed by atoms with Crippen molar-refractivity contribution < 1.29 is 13.6 Å². The molecular formula is C24H21F2N5OS. The molecule has 6 nitrogen and oxygen atoms in total. The molecule has 0 spiro atoms. The Hall–Kier alpha value is -3.59. The van der Waals surface area contributed by atoms with Crippen LogP contribution in [0.15, 0.2) is 60.9 Å². The number of hydrogen-bond donors (Lipinski definition) is 1. The van der Waals surface area contributed by atoms with Gasteiger partial charge in [0.15, 0.2) is 0 Å². The van der Waals surface area contributed by atoms with Crippen molar-refractivity contribution in [1.82, 2.24) is 20.2 Å².